The zero-order valence-corrected chi connectivity index (χ0v) is 16.8. The lowest BCUT2D eigenvalue weighted by Gasteiger charge is -2.30. The molecule has 0 saturated carbocycles. The average molecular weight is 441 g/mol. The number of guanidine groups is 1. The quantitative estimate of drug-likeness (QED) is 0.445. The number of rotatable bonds is 3. The predicted octanol–water partition coefficient (Wildman–Crippen LogP) is 3.02. The highest BCUT2D eigenvalue weighted by Crippen LogP contribution is 2.38. The van der Waals surface area contributed by atoms with E-state index in [0.717, 1.165) is 45.4 Å². The Kier molecular flexibility index (Phi) is 5.70. The molecule has 1 N–H and O–H groups in total. The van der Waals surface area contributed by atoms with E-state index >= 15 is 0 Å². The first-order valence-electron chi connectivity index (χ1n) is 8.98. The number of ether oxygens (including phenoxy) is 1. The van der Waals surface area contributed by atoms with Crippen LogP contribution in [0.2, 0.25) is 0 Å². The second-order valence-corrected chi connectivity index (χ2v) is 7.27. The number of benzene rings is 1. The van der Waals surface area contributed by atoms with Gasteiger partial charge in [0, 0.05) is 44.1 Å². The molecule has 24 heavy (non-hydrogen) atoms. The van der Waals surface area contributed by atoms with E-state index in [2.05, 4.69) is 41.4 Å². The van der Waals surface area contributed by atoms with Crippen molar-refractivity contribution >= 4 is 29.9 Å². The molecule has 1 aromatic carbocycles. The molecule has 2 atom stereocenters. The minimum atomic E-state index is 0. The topological polar surface area (TPSA) is 36.9 Å². The molecule has 5 heteroatoms. The Bertz CT molecular complexity index is 598. The molecule has 1 aliphatic carbocycles. The van der Waals surface area contributed by atoms with Gasteiger partial charge < -0.3 is 15.0 Å². The van der Waals surface area contributed by atoms with Gasteiger partial charge in [0.2, 0.25) is 0 Å². The van der Waals surface area contributed by atoms with Crippen LogP contribution >= 0.6 is 24.0 Å². The number of nitrogens with one attached hydrogen (secondary N) is 1. The highest BCUT2D eigenvalue weighted by molar-refractivity contribution is 14.0. The Balaban J connectivity index is 0.00000169. The molecule has 1 aromatic rings. The van der Waals surface area contributed by atoms with Crippen LogP contribution in [0.25, 0.3) is 0 Å². The number of fused-ring (bicyclic) bond motifs is 1. The van der Waals surface area contributed by atoms with Crippen molar-refractivity contribution in [1.29, 1.82) is 0 Å². The third-order valence-electron chi connectivity index (χ3n) is 5.68. The monoisotopic (exact) mass is 441 g/mol. The van der Waals surface area contributed by atoms with Gasteiger partial charge in [0.25, 0.3) is 0 Å². The minimum Gasteiger partial charge on any atom is -0.381 e. The summed E-state index contributed by atoms with van der Waals surface area (Å²) in [6.07, 6.45) is 3.62. The first-order chi connectivity index (χ1) is 11.3. The molecule has 0 aromatic heterocycles. The summed E-state index contributed by atoms with van der Waals surface area (Å²) in [7, 11) is 0. The van der Waals surface area contributed by atoms with Gasteiger partial charge in [-0.05, 0) is 37.3 Å². The van der Waals surface area contributed by atoms with E-state index in [0.29, 0.717) is 11.3 Å². The second kappa shape index (κ2) is 7.60. The van der Waals surface area contributed by atoms with E-state index in [4.69, 9.17) is 9.73 Å². The summed E-state index contributed by atoms with van der Waals surface area (Å²) in [5.41, 5.74) is 3.38. The first kappa shape index (κ1) is 18.0. The van der Waals surface area contributed by atoms with Crippen molar-refractivity contribution < 1.29 is 4.74 Å². The molecular weight excluding hydrogens is 413 g/mol. The normalized spacial score (nSPS) is 28.5. The molecule has 132 valence electrons. The zero-order chi connectivity index (χ0) is 15.7. The van der Waals surface area contributed by atoms with Crippen LogP contribution in [0.4, 0.5) is 0 Å². The number of hydrogen-bond donors (Lipinski definition) is 1. The van der Waals surface area contributed by atoms with Gasteiger partial charge in [-0.15, -0.1) is 24.0 Å². The van der Waals surface area contributed by atoms with Crippen molar-refractivity contribution in [2.24, 2.45) is 10.4 Å². The molecule has 4 rings (SSSR count). The summed E-state index contributed by atoms with van der Waals surface area (Å²) in [6.45, 7) is 8.05. The van der Waals surface area contributed by atoms with E-state index < -0.39 is 0 Å². The molecule has 2 saturated heterocycles. The van der Waals surface area contributed by atoms with Crippen molar-refractivity contribution in [2.45, 2.75) is 32.1 Å². The number of hydrogen-bond acceptors (Lipinski definition) is 2. The van der Waals surface area contributed by atoms with Crippen molar-refractivity contribution in [3.8, 4) is 0 Å². The van der Waals surface area contributed by atoms with Crippen LogP contribution in [0.3, 0.4) is 0 Å². The maximum absolute atomic E-state index is 5.65. The van der Waals surface area contributed by atoms with Gasteiger partial charge in [0.05, 0.1) is 6.61 Å². The van der Waals surface area contributed by atoms with Crippen LogP contribution < -0.4 is 5.32 Å². The van der Waals surface area contributed by atoms with Gasteiger partial charge in [0.1, 0.15) is 0 Å². The fourth-order valence-corrected chi connectivity index (χ4v) is 4.24. The van der Waals surface area contributed by atoms with Crippen LogP contribution in [-0.4, -0.2) is 50.3 Å². The second-order valence-electron chi connectivity index (χ2n) is 7.27. The van der Waals surface area contributed by atoms with E-state index in [9.17, 15) is 0 Å². The van der Waals surface area contributed by atoms with Crippen molar-refractivity contribution in [1.82, 2.24) is 10.2 Å². The predicted molar refractivity (Wildman–Crippen MR) is 108 cm³/mol. The Morgan fingerprint density at radius 1 is 1.38 bits per heavy atom. The fraction of sp³-hybridized carbons (Fsp3) is 0.632. The van der Waals surface area contributed by atoms with Crippen LogP contribution in [0.1, 0.15) is 36.8 Å². The summed E-state index contributed by atoms with van der Waals surface area (Å²) in [5, 5.41) is 3.49. The van der Waals surface area contributed by atoms with E-state index in [-0.39, 0.29) is 24.0 Å². The number of halogens is 1. The van der Waals surface area contributed by atoms with Gasteiger partial charge in [-0.2, -0.15) is 0 Å². The molecule has 0 bridgehead atoms. The highest BCUT2D eigenvalue weighted by Gasteiger charge is 2.42. The summed E-state index contributed by atoms with van der Waals surface area (Å²) >= 11 is 0. The number of aliphatic imine (C=N–C) groups is 1. The molecular formula is C19H28IN3O. The Hall–Kier alpha value is -0.820. The fourth-order valence-electron chi connectivity index (χ4n) is 4.24. The van der Waals surface area contributed by atoms with Gasteiger partial charge in [-0.1, -0.05) is 24.3 Å². The van der Waals surface area contributed by atoms with Gasteiger partial charge >= 0.3 is 0 Å². The molecule has 3 aliphatic rings. The zero-order valence-electron chi connectivity index (χ0n) is 14.5. The molecule has 1 spiro atoms. The summed E-state index contributed by atoms with van der Waals surface area (Å²) in [4.78, 5) is 7.41. The average Bonchev–Trinajstić information content (AvgIpc) is 3.18. The van der Waals surface area contributed by atoms with Crippen LogP contribution in [0, 0.1) is 5.41 Å². The Morgan fingerprint density at radius 2 is 2.25 bits per heavy atom. The van der Waals surface area contributed by atoms with Crippen molar-refractivity contribution in [3.05, 3.63) is 35.4 Å². The Morgan fingerprint density at radius 3 is 3.00 bits per heavy atom. The smallest absolute Gasteiger partial charge is 0.193 e. The minimum absolute atomic E-state index is 0. The maximum Gasteiger partial charge on any atom is 0.193 e. The third-order valence-corrected chi connectivity index (χ3v) is 5.68. The molecule has 2 unspecified atom stereocenters. The standard InChI is InChI=1S/C19H27N3O.HI/c1-2-20-18(22-9-7-19(13-22)8-10-23-14-19)21-12-16-11-15-5-3-4-6-17(15)16;/h3-6,16H,2,7-14H2,1H3,(H,20,21);1H. The molecule has 2 fully saturated rings. The Labute approximate surface area is 162 Å². The molecule has 2 aliphatic heterocycles. The molecule has 0 radical (unpaired) electrons. The van der Waals surface area contributed by atoms with Crippen molar-refractivity contribution in [3.63, 3.8) is 0 Å². The molecule has 2 heterocycles. The van der Waals surface area contributed by atoms with Gasteiger partial charge in [-0.3, -0.25) is 4.99 Å². The summed E-state index contributed by atoms with van der Waals surface area (Å²) in [6, 6.07) is 8.78. The van der Waals surface area contributed by atoms with Gasteiger partial charge in [-0.25, -0.2) is 0 Å². The SMILES string of the molecule is CCNC(=NCC1Cc2ccccc21)N1CCC2(CCOC2)C1.I. The van der Waals surface area contributed by atoms with E-state index in [1.54, 1.807) is 0 Å². The third kappa shape index (κ3) is 3.43. The van der Waals surface area contributed by atoms with Crippen LogP contribution in [0.15, 0.2) is 29.3 Å². The maximum atomic E-state index is 5.65. The van der Waals surface area contributed by atoms with Crippen LogP contribution in [-0.2, 0) is 11.2 Å². The summed E-state index contributed by atoms with van der Waals surface area (Å²) in [5.74, 6) is 1.70. The lowest BCUT2D eigenvalue weighted by Crippen LogP contribution is -2.42. The lowest BCUT2D eigenvalue weighted by atomic mass is 9.78. The largest absolute Gasteiger partial charge is 0.381 e. The van der Waals surface area contributed by atoms with E-state index in [1.807, 2.05) is 0 Å². The van der Waals surface area contributed by atoms with Crippen molar-refractivity contribution in [2.75, 3.05) is 39.4 Å². The van der Waals surface area contributed by atoms with Crippen LogP contribution in [0.5, 0.6) is 0 Å². The van der Waals surface area contributed by atoms with E-state index in [1.165, 1.54) is 30.4 Å². The summed E-state index contributed by atoms with van der Waals surface area (Å²) < 4.78 is 5.65. The first-order valence-corrected chi connectivity index (χ1v) is 8.98. The van der Waals surface area contributed by atoms with Gasteiger partial charge in [0.15, 0.2) is 5.96 Å². The number of nitrogens with zero attached hydrogens (tertiary/aromatic N) is 2. The molecule has 0 amide bonds. The lowest BCUT2D eigenvalue weighted by molar-refractivity contribution is 0.156. The highest BCUT2D eigenvalue weighted by atomic mass is 127. The number of likely N-dealkylation sites (tertiary alicyclic amines) is 1. The molecule has 4 nitrogen and oxygen atoms in total.